The molecule has 0 amide bonds. The maximum Gasteiger partial charge on any atom is 0.330 e. The molecular weight excluding hydrogens is 336 g/mol. The van der Waals surface area contributed by atoms with Gasteiger partial charge in [0.2, 0.25) is 0 Å². The van der Waals surface area contributed by atoms with Gasteiger partial charge in [0.15, 0.2) is 0 Å². The molecule has 3 heterocycles. The molecule has 24 heavy (non-hydrogen) atoms. The van der Waals surface area contributed by atoms with Crippen LogP contribution in [0, 0.1) is 13.8 Å². The molecule has 5 heteroatoms. The lowest BCUT2D eigenvalue weighted by atomic mass is 10.0. The fourth-order valence-electron chi connectivity index (χ4n) is 3.26. The van der Waals surface area contributed by atoms with E-state index in [1.54, 1.807) is 23.5 Å². The molecule has 0 radical (unpaired) electrons. The summed E-state index contributed by atoms with van der Waals surface area (Å²) in [5, 5.41) is 0. The average Bonchev–Trinajstić information content (AvgIpc) is 2.84. The van der Waals surface area contributed by atoms with Gasteiger partial charge in [0, 0.05) is 11.5 Å². The molecule has 0 saturated heterocycles. The summed E-state index contributed by atoms with van der Waals surface area (Å²) < 4.78 is 3.82. The molecule has 0 saturated carbocycles. The fraction of sp³-hybridized carbons (Fsp3) is 0.316. The Morgan fingerprint density at radius 3 is 1.75 bits per heavy atom. The van der Waals surface area contributed by atoms with Crippen molar-refractivity contribution in [2.24, 2.45) is 0 Å². The van der Waals surface area contributed by atoms with E-state index in [1.807, 2.05) is 33.4 Å². The first kappa shape index (κ1) is 15.9. The minimum atomic E-state index is 0.104. The maximum absolute atomic E-state index is 12.9. The Morgan fingerprint density at radius 2 is 1.29 bits per heavy atom. The number of hydrogen-bond donors (Lipinski definition) is 0. The summed E-state index contributed by atoms with van der Waals surface area (Å²) in [7, 11) is 0. The molecule has 0 fully saturated rings. The predicted octanol–water partition coefficient (Wildman–Crippen LogP) is 4.52. The van der Waals surface area contributed by atoms with E-state index < -0.39 is 0 Å². The van der Waals surface area contributed by atoms with Crippen LogP contribution in [0.3, 0.4) is 0 Å². The highest BCUT2D eigenvalue weighted by atomic mass is 32.2. The molecule has 3 aromatic rings. The van der Waals surface area contributed by atoms with Crippen molar-refractivity contribution in [1.29, 1.82) is 0 Å². The zero-order valence-electron chi connectivity index (χ0n) is 13.9. The third-order valence-electron chi connectivity index (χ3n) is 4.68. The fourth-order valence-corrected chi connectivity index (χ4v) is 5.37. The summed E-state index contributed by atoms with van der Waals surface area (Å²) in [6.45, 7) is 4.39. The number of fused-ring (bicyclic) bond motifs is 7. The van der Waals surface area contributed by atoms with Gasteiger partial charge in [0.25, 0.3) is 0 Å². The lowest BCUT2D eigenvalue weighted by molar-refractivity contribution is 0.775. The molecule has 124 valence electrons. The minimum Gasteiger partial charge on any atom is -0.282 e. The normalized spacial score (nSPS) is 15.1. The molecule has 0 aliphatic carbocycles. The van der Waals surface area contributed by atoms with Crippen molar-refractivity contribution in [3.05, 3.63) is 69.1 Å². The SMILES string of the molecule is Cc1cc2c(C)cc1CSCn1c(=O)n(c3ccccc31)CSC2. The molecule has 2 aromatic carbocycles. The minimum absolute atomic E-state index is 0.104. The number of hydrogen-bond acceptors (Lipinski definition) is 3. The number of benzene rings is 2. The standard InChI is InChI=1S/C19H20N2OS2/c1-13-7-16-10-24-12-21-18-6-4-3-5-17(18)20(19(21)22)11-23-9-15(13)8-14(16)2/h3-8H,9-12H2,1-2H3. The van der Waals surface area contributed by atoms with Crippen LogP contribution in [-0.2, 0) is 23.3 Å². The summed E-state index contributed by atoms with van der Waals surface area (Å²) in [6, 6.07) is 12.8. The molecule has 3 nitrogen and oxygen atoms in total. The Balaban J connectivity index is 1.81. The molecule has 1 aromatic heterocycles. The predicted molar refractivity (Wildman–Crippen MR) is 105 cm³/mol. The molecule has 0 spiro atoms. The molecule has 4 bridgehead atoms. The smallest absolute Gasteiger partial charge is 0.282 e. The highest BCUT2D eigenvalue weighted by Crippen LogP contribution is 2.27. The first-order valence-corrected chi connectivity index (χ1v) is 10.4. The number of aromatic nitrogens is 2. The van der Waals surface area contributed by atoms with Crippen LogP contribution in [0.15, 0.2) is 41.2 Å². The summed E-state index contributed by atoms with van der Waals surface area (Å²) in [4.78, 5) is 12.9. The quantitative estimate of drug-likeness (QED) is 0.593. The van der Waals surface area contributed by atoms with Crippen LogP contribution in [0.25, 0.3) is 11.0 Å². The van der Waals surface area contributed by atoms with E-state index in [4.69, 9.17) is 0 Å². The van der Waals surface area contributed by atoms with Gasteiger partial charge in [-0.05, 0) is 48.2 Å². The Bertz CT molecular complexity index is 896. The Morgan fingerprint density at radius 1 is 0.833 bits per heavy atom. The number of imidazole rings is 1. The highest BCUT2D eigenvalue weighted by molar-refractivity contribution is 7.97. The van der Waals surface area contributed by atoms with Gasteiger partial charge >= 0.3 is 5.69 Å². The average molecular weight is 357 g/mol. The third-order valence-corrected chi connectivity index (χ3v) is 6.59. The van der Waals surface area contributed by atoms with Gasteiger partial charge in [-0.25, -0.2) is 4.79 Å². The van der Waals surface area contributed by atoms with Crippen LogP contribution in [0.4, 0.5) is 0 Å². The van der Waals surface area contributed by atoms with E-state index in [0.29, 0.717) is 11.8 Å². The van der Waals surface area contributed by atoms with Gasteiger partial charge in [0.1, 0.15) is 0 Å². The molecule has 0 atom stereocenters. The second-order valence-electron chi connectivity index (χ2n) is 6.29. The first-order valence-electron chi connectivity index (χ1n) is 8.07. The van der Waals surface area contributed by atoms with Crippen LogP contribution in [0.5, 0.6) is 0 Å². The van der Waals surface area contributed by atoms with Crippen LogP contribution >= 0.6 is 23.5 Å². The van der Waals surface area contributed by atoms with Crippen LogP contribution in [0.1, 0.15) is 22.3 Å². The van der Waals surface area contributed by atoms with Crippen molar-refractivity contribution in [2.45, 2.75) is 37.1 Å². The Kier molecular flexibility index (Phi) is 4.22. The number of thioether (sulfide) groups is 2. The second kappa shape index (κ2) is 6.37. The monoisotopic (exact) mass is 356 g/mol. The lowest BCUT2D eigenvalue weighted by Gasteiger charge is -2.12. The van der Waals surface area contributed by atoms with E-state index in [9.17, 15) is 4.79 Å². The van der Waals surface area contributed by atoms with Crippen molar-refractivity contribution in [2.75, 3.05) is 0 Å². The van der Waals surface area contributed by atoms with E-state index in [2.05, 4.69) is 26.0 Å². The summed E-state index contributed by atoms with van der Waals surface area (Å²) in [6.07, 6.45) is 0. The maximum atomic E-state index is 12.9. The van der Waals surface area contributed by atoms with E-state index >= 15 is 0 Å². The Labute approximate surface area is 150 Å². The molecule has 0 unspecified atom stereocenters. The van der Waals surface area contributed by atoms with E-state index in [-0.39, 0.29) is 5.69 Å². The Hall–Kier alpha value is -1.59. The second-order valence-corrected chi connectivity index (χ2v) is 8.20. The highest BCUT2D eigenvalue weighted by Gasteiger charge is 2.14. The van der Waals surface area contributed by atoms with Crippen LogP contribution in [-0.4, -0.2) is 9.13 Å². The number of para-hydroxylation sites is 2. The van der Waals surface area contributed by atoms with Gasteiger partial charge in [0.05, 0.1) is 22.8 Å². The van der Waals surface area contributed by atoms with Gasteiger partial charge in [-0.15, -0.1) is 23.5 Å². The first-order chi connectivity index (χ1) is 11.6. The molecule has 2 aliphatic heterocycles. The van der Waals surface area contributed by atoms with Crippen molar-refractivity contribution in [3.63, 3.8) is 0 Å². The molecule has 5 rings (SSSR count). The molecular formula is C19H20N2OS2. The van der Waals surface area contributed by atoms with Crippen molar-refractivity contribution in [3.8, 4) is 0 Å². The van der Waals surface area contributed by atoms with Crippen LogP contribution in [0.2, 0.25) is 0 Å². The van der Waals surface area contributed by atoms with Gasteiger partial charge in [-0.2, -0.15) is 0 Å². The van der Waals surface area contributed by atoms with E-state index in [0.717, 1.165) is 22.5 Å². The summed E-state index contributed by atoms with van der Waals surface area (Å²) in [5.74, 6) is 3.26. The zero-order chi connectivity index (χ0) is 16.7. The van der Waals surface area contributed by atoms with Gasteiger partial charge < -0.3 is 0 Å². The van der Waals surface area contributed by atoms with Gasteiger partial charge in [-0.1, -0.05) is 24.3 Å². The van der Waals surface area contributed by atoms with Crippen molar-refractivity contribution < 1.29 is 0 Å². The van der Waals surface area contributed by atoms with Crippen molar-refractivity contribution in [1.82, 2.24) is 9.13 Å². The topological polar surface area (TPSA) is 26.9 Å². The molecule has 2 aliphatic rings. The third kappa shape index (κ3) is 2.70. The zero-order valence-corrected chi connectivity index (χ0v) is 15.5. The number of aryl methyl sites for hydroxylation is 2. The number of rotatable bonds is 0. The summed E-state index contributed by atoms with van der Waals surface area (Å²) in [5.41, 5.74) is 7.64. The summed E-state index contributed by atoms with van der Waals surface area (Å²) >= 11 is 3.61. The lowest BCUT2D eigenvalue weighted by Crippen LogP contribution is -2.23. The van der Waals surface area contributed by atoms with Crippen LogP contribution < -0.4 is 5.69 Å². The molecule has 0 N–H and O–H groups in total. The van der Waals surface area contributed by atoms with E-state index in [1.165, 1.54) is 22.3 Å². The number of nitrogens with zero attached hydrogens (tertiary/aromatic N) is 2. The van der Waals surface area contributed by atoms with Gasteiger partial charge in [-0.3, -0.25) is 9.13 Å². The van der Waals surface area contributed by atoms with Crippen molar-refractivity contribution >= 4 is 34.6 Å². The largest absolute Gasteiger partial charge is 0.330 e.